The Balaban J connectivity index is 1.50. The van der Waals surface area contributed by atoms with Gasteiger partial charge in [-0.3, -0.25) is 4.18 Å². The number of nitrogens with one attached hydrogen (secondary N) is 1. The highest BCUT2D eigenvalue weighted by molar-refractivity contribution is 7.86. The summed E-state index contributed by atoms with van der Waals surface area (Å²) in [6.45, 7) is 0.0522. The summed E-state index contributed by atoms with van der Waals surface area (Å²) in [6, 6.07) is 17.2. The van der Waals surface area contributed by atoms with E-state index in [2.05, 4.69) is 5.32 Å². The van der Waals surface area contributed by atoms with Crippen molar-refractivity contribution in [2.24, 2.45) is 0 Å². The molecule has 1 amide bonds. The maximum atomic E-state index is 12.1. The molecular formula is C18H19NO5S. The van der Waals surface area contributed by atoms with Crippen molar-refractivity contribution in [1.29, 1.82) is 0 Å². The van der Waals surface area contributed by atoms with Gasteiger partial charge < -0.3 is 10.1 Å². The molecule has 0 saturated heterocycles. The van der Waals surface area contributed by atoms with Gasteiger partial charge in [-0.1, -0.05) is 48.5 Å². The molecule has 0 heterocycles. The Morgan fingerprint density at radius 1 is 1.00 bits per heavy atom. The van der Waals surface area contributed by atoms with Crippen LogP contribution in [0.3, 0.4) is 0 Å². The summed E-state index contributed by atoms with van der Waals surface area (Å²) in [5, 5.41) is 2.71. The molecule has 1 saturated carbocycles. The van der Waals surface area contributed by atoms with Crippen LogP contribution in [0, 0.1) is 0 Å². The maximum absolute atomic E-state index is 12.1. The highest BCUT2D eigenvalue weighted by Crippen LogP contribution is 2.36. The molecular weight excluding hydrogens is 342 g/mol. The van der Waals surface area contributed by atoms with Crippen LogP contribution in [0.25, 0.3) is 0 Å². The van der Waals surface area contributed by atoms with E-state index in [1.54, 1.807) is 18.2 Å². The summed E-state index contributed by atoms with van der Waals surface area (Å²) in [5.41, 5.74) is 0.209. The van der Waals surface area contributed by atoms with Gasteiger partial charge >= 0.3 is 6.09 Å². The predicted molar refractivity (Wildman–Crippen MR) is 91.3 cm³/mol. The zero-order valence-electron chi connectivity index (χ0n) is 13.6. The fraction of sp³-hybridized carbons (Fsp3) is 0.278. The average Bonchev–Trinajstić information content (AvgIpc) is 3.40. The Bertz CT molecular complexity index is 817. The van der Waals surface area contributed by atoms with Gasteiger partial charge in [-0.2, -0.15) is 8.42 Å². The van der Waals surface area contributed by atoms with Crippen molar-refractivity contribution in [1.82, 2.24) is 5.32 Å². The molecule has 25 heavy (non-hydrogen) atoms. The minimum Gasteiger partial charge on any atom is -0.445 e. The summed E-state index contributed by atoms with van der Waals surface area (Å²) < 4.78 is 34.5. The summed E-state index contributed by atoms with van der Waals surface area (Å²) in [4.78, 5) is 12.0. The van der Waals surface area contributed by atoms with Gasteiger partial charge in [0.05, 0.1) is 17.0 Å². The van der Waals surface area contributed by atoms with Gasteiger partial charge in [0.2, 0.25) is 0 Å². The van der Waals surface area contributed by atoms with Crippen molar-refractivity contribution < 1.29 is 22.1 Å². The molecule has 0 unspecified atom stereocenters. The molecule has 7 heteroatoms. The van der Waals surface area contributed by atoms with Crippen LogP contribution < -0.4 is 5.32 Å². The van der Waals surface area contributed by atoms with Gasteiger partial charge in [0, 0.05) is 0 Å². The molecule has 1 aliphatic carbocycles. The fourth-order valence-electron chi connectivity index (χ4n) is 2.28. The summed E-state index contributed by atoms with van der Waals surface area (Å²) in [5.74, 6) is 0. The second-order valence-electron chi connectivity index (χ2n) is 6.00. The zero-order valence-corrected chi connectivity index (χ0v) is 14.4. The Morgan fingerprint density at radius 3 is 2.20 bits per heavy atom. The number of hydrogen-bond donors (Lipinski definition) is 1. The molecule has 0 atom stereocenters. The molecule has 3 rings (SSSR count). The lowest BCUT2D eigenvalue weighted by Crippen LogP contribution is -2.41. The van der Waals surface area contributed by atoms with Crippen LogP contribution in [0.2, 0.25) is 0 Å². The van der Waals surface area contributed by atoms with E-state index >= 15 is 0 Å². The van der Waals surface area contributed by atoms with Crippen LogP contribution in [0.5, 0.6) is 0 Å². The Kier molecular flexibility index (Phi) is 5.06. The Morgan fingerprint density at radius 2 is 1.60 bits per heavy atom. The number of ether oxygens (including phenoxy) is 1. The quantitative estimate of drug-likeness (QED) is 0.767. The third kappa shape index (κ3) is 4.80. The van der Waals surface area contributed by atoms with Crippen LogP contribution in [0.15, 0.2) is 65.6 Å². The number of carbonyl (C=O) groups excluding carboxylic acids is 1. The molecule has 0 radical (unpaired) electrons. The van der Waals surface area contributed by atoms with Crippen molar-refractivity contribution >= 4 is 16.2 Å². The SMILES string of the molecule is O=C(NC1(COS(=O)(=O)c2ccccc2)CC1)OCc1ccccc1. The molecule has 0 spiro atoms. The van der Waals surface area contributed by atoms with Crippen LogP contribution >= 0.6 is 0 Å². The van der Waals surface area contributed by atoms with Crippen molar-refractivity contribution in [3.05, 3.63) is 66.2 Å². The average molecular weight is 361 g/mol. The summed E-state index contributed by atoms with van der Waals surface area (Å²) >= 11 is 0. The van der Waals surface area contributed by atoms with Gasteiger partial charge in [-0.25, -0.2) is 4.79 Å². The standard InChI is InChI=1S/C18H19NO5S/c20-17(23-13-15-7-3-1-4-8-15)19-18(11-12-18)14-24-25(21,22)16-9-5-2-6-10-16/h1-10H,11-14H2,(H,19,20). The lowest BCUT2D eigenvalue weighted by atomic mass is 10.2. The molecule has 6 nitrogen and oxygen atoms in total. The predicted octanol–water partition coefficient (Wildman–Crippen LogP) is 2.85. The molecule has 0 bridgehead atoms. The largest absolute Gasteiger partial charge is 0.445 e. The molecule has 0 aromatic heterocycles. The van der Waals surface area contributed by atoms with E-state index in [4.69, 9.17) is 8.92 Å². The first-order chi connectivity index (χ1) is 12.0. The minimum atomic E-state index is -3.84. The van der Waals surface area contributed by atoms with Crippen LogP contribution in [0.4, 0.5) is 4.79 Å². The first-order valence-corrected chi connectivity index (χ1v) is 9.33. The molecule has 2 aromatic rings. The lowest BCUT2D eigenvalue weighted by Gasteiger charge is -2.17. The second-order valence-corrected chi connectivity index (χ2v) is 7.61. The van der Waals surface area contributed by atoms with E-state index in [0.717, 1.165) is 5.56 Å². The van der Waals surface area contributed by atoms with Gasteiger partial charge in [-0.15, -0.1) is 0 Å². The lowest BCUT2D eigenvalue weighted by molar-refractivity contribution is 0.129. The normalized spacial score (nSPS) is 15.4. The van der Waals surface area contributed by atoms with E-state index in [0.29, 0.717) is 12.8 Å². The summed E-state index contributed by atoms with van der Waals surface area (Å²) in [7, 11) is -3.84. The first kappa shape index (κ1) is 17.4. The van der Waals surface area contributed by atoms with E-state index in [1.807, 2.05) is 30.3 Å². The first-order valence-electron chi connectivity index (χ1n) is 7.93. The van der Waals surface area contributed by atoms with Crippen molar-refractivity contribution in [3.8, 4) is 0 Å². The minimum absolute atomic E-state index is 0.0949. The van der Waals surface area contributed by atoms with Gasteiger partial charge in [0.15, 0.2) is 0 Å². The molecule has 1 N–H and O–H groups in total. The number of hydrogen-bond acceptors (Lipinski definition) is 5. The maximum Gasteiger partial charge on any atom is 0.407 e. The highest BCUT2D eigenvalue weighted by Gasteiger charge is 2.46. The zero-order chi connectivity index (χ0) is 17.8. The molecule has 132 valence electrons. The third-order valence-electron chi connectivity index (χ3n) is 3.96. The molecule has 0 aliphatic heterocycles. The van der Waals surface area contributed by atoms with Crippen molar-refractivity contribution in [3.63, 3.8) is 0 Å². The number of alkyl carbamates (subject to hydrolysis) is 1. The van der Waals surface area contributed by atoms with Crippen molar-refractivity contribution in [2.45, 2.75) is 29.9 Å². The van der Waals surface area contributed by atoms with E-state index in [9.17, 15) is 13.2 Å². The highest BCUT2D eigenvalue weighted by atomic mass is 32.2. The van der Waals surface area contributed by atoms with Crippen LogP contribution in [0.1, 0.15) is 18.4 Å². The van der Waals surface area contributed by atoms with Gasteiger partial charge in [0.1, 0.15) is 6.61 Å². The number of carbonyl (C=O) groups is 1. The Hall–Kier alpha value is -2.38. The fourth-order valence-corrected chi connectivity index (χ4v) is 3.28. The second kappa shape index (κ2) is 7.25. The van der Waals surface area contributed by atoms with E-state index in [-0.39, 0.29) is 18.1 Å². The van der Waals surface area contributed by atoms with Crippen molar-refractivity contribution in [2.75, 3.05) is 6.61 Å². The third-order valence-corrected chi connectivity index (χ3v) is 5.23. The smallest absolute Gasteiger partial charge is 0.407 e. The number of rotatable bonds is 7. The summed E-state index contributed by atoms with van der Waals surface area (Å²) in [6.07, 6.45) is 0.720. The van der Waals surface area contributed by atoms with E-state index < -0.39 is 21.8 Å². The molecule has 2 aromatic carbocycles. The molecule has 1 fully saturated rings. The number of amides is 1. The van der Waals surface area contributed by atoms with E-state index in [1.165, 1.54) is 12.1 Å². The molecule has 1 aliphatic rings. The van der Waals surface area contributed by atoms with Crippen LogP contribution in [-0.2, 0) is 25.6 Å². The van der Waals surface area contributed by atoms with Gasteiger partial charge in [-0.05, 0) is 30.5 Å². The number of benzene rings is 2. The van der Waals surface area contributed by atoms with Gasteiger partial charge in [0.25, 0.3) is 10.1 Å². The topological polar surface area (TPSA) is 81.7 Å². The van der Waals surface area contributed by atoms with Crippen LogP contribution in [-0.4, -0.2) is 26.7 Å². The monoisotopic (exact) mass is 361 g/mol. The Labute approximate surface area is 146 Å².